The molecule has 6 nitrogen and oxygen atoms in total. The summed E-state index contributed by atoms with van der Waals surface area (Å²) in [5.41, 5.74) is 0. The molecule has 1 unspecified atom stereocenters. The Morgan fingerprint density at radius 2 is 1.60 bits per heavy atom. The molecule has 0 N–H and O–H groups in total. The monoisotopic (exact) mass is 260 g/mol. The van der Waals surface area contributed by atoms with E-state index >= 15 is 0 Å². The Hall–Kier alpha value is -0.180. The van der Waals surface area contributed by atoms with Crippen molar-refractivity contribution in [2.45, 2.75) is 25.9 Å². The molecule has 0 aliphatic heterocycles. The quantitative estimate of drug-likeness (QED) is 0.477. The number of rotatable bonds is 7. The van der Waals surface area contributed by atoms with Crippen LogP contribution < -0.4 is 0 Å². The second kappa shape index (κ2) is 5.78. The predicted molar refractivity (Wildman–Crippen MR) is 55.4 cm³/mol. The van der Waals surface area contributed by atoms with Gasteiger partial charge in [0.25, 0.3) is 20.2 Å². The smallest absolute Gasteiger partial charge is 0.264 e. The van der Waals surface area contributed by atoms with Gasteiger partial charge in [-0.25, -0.2) is 0 Å². The molecule has 15 heavy (non-hydrogen) atoms. The second-order valence-corrected chi connectivity index (χ2v) is 6.52. The van der Waals surface area contributed by atoms with Crippen molar-refractivity contribution in [3.8, 4) is 0 Å². The Labute approximate surface area is 90.8 Å². The molecule has 1 atom stereocenters. The molecule has 0 radical (unpaired) electrons. The van der Waals surface area contributed by atoms with Gasteiger partial charge in [-0.1, -0.05) is 0 Å². The first kappa shape index (κ1) is 14.8. The van der Waals surface area contributed by atoms with Gasteiger partial charge in [0, 0.05) is 0 Å². The van der Waals surface area contributed by atoms with Gasteiger partial charge in [0.05, 0.1) is 25.2 Å². The lowest BCUT2D eigenvalue weighted by Gasteiger charge is -2.10. The third kappa shape index (κ3) is 11.7. The molecule has 0 fully saturated rings. The van der Waals surface area contributed by atoms with E-state index in [4.69, 9.17) is 0 Å². The summed E-state index contributed by atoms with van der Waals surface area (Å²) in [7, 11) is -6.86. The summed E-state index contributed by atoms with van der Waals surface area (Å²) in [6.07, 6.45) is 2.30. The molecule has 0 aromatic heterocycles. The summed E-state index contributed by atoms with van der Waals surface area (Å²) < 4.78 is 51.6. The van der Waals surface area contributed by atoms with Crippen LogP contribution in [-0.4, -0.2) is 42.1 Å². The van der Waals surface area contributed by atoms with Crippen LogP contribution in [0.5, 0.6) is 0 Å². The van der Waals surface area contributed by atoms with Crippen LogP contribution in [0.25, 0.3) is 0 Å². The van der Waals surface area contributed by atoms with E-state index in [1.54, 1.807) is 6.92 Å². The Morgan fingerprint density at radius 3 is 2.00 bits per heavy atom. The molecule has 0 amide bonds. The summed E-state index contributed by atoms with van der Waals surface area (Å²) in [4.78, 5) is 0. The number of hydrogen-bond donors (Lipinski definition) is 0. The van der Waals surface area contributed by atoms with Gasteiger partial charge in [-0.3, -0.25) is 8.37 Å². The van der Waals surface area contributed by atoms with Crippen molar-refractivity contribution in [2.24, 2.45) is 0 Å². The zero-order chi connectivity index (χ0) is 12.1. The minimum absolute atomic E-state index is 0.0380. The highest BCUT2D eigenvalue weighted by Crippen LogP contribution is 2.05. The van der Waals surface area contributed by atoms with Crippen LogP contribution in [0, 0.1) is 0 Å². The molecule has 0 aliphatic rings. The molecule has 0 rings (SSSR count). The van der Waals surface area contributed by atoms with E-state index < -0.39 is 26.3 Å². The van der Waals surface area contributed by atoms with Gasteiger partial charge in [0.15, 0.2) is 0 Å². The highest BCUT2D eigenvalue weighted by molar-refractivity contribution is 7.86. The zero-order valence-corrected chi connectivity index (χ0v) is 10.6. The average Bonchev–Trinajstić information content (AvgIpc) is 1.92. The molecule has 0 aromatic rings. The standard InChI is InChI=1S/C7H16O6S2/c1-7(13-15(3,10)11)5-4-6-12-14(2,8)9/h7H,4-6H2,1-3H3. The maximum atomic E-state index is 10.7. The molecule has 0 bridgehead atoms. The van der Waals surface area contributed by atoms with E-state index in [9.17, 15) is 16.8 Å². The maximum Gasteiger partial charge on any atom is 0.264 e. The van der Waals surface area contributed by atoms with Crippen LogP contribution in [-0.2, 0) is 28.6 Å². The molecule has 0 saturated carbocycles. The Balaban J connectivity index is 3.70. The normalized spacial score (nSPS) is 15.1. The molecule has 0 aliphatic carbocycles. The van der Waals surface area contributed by atoms with E-state index in [0.29, 0.717) is 12.8 Å². The first-order chi connectivity index (χ1) is 6.60. The lowest BCUT2D eigenvalue weighted by Crippen LogP contribution is -2.15. The SMILES string of the molecule is CC(CCCOS(C)(=O)=O)OS(C)(=O)=O. The largest absolute Gasteiger partial charge is 0.270 e. The van der Waals surface area contributed by atoms with Crippen molar-refractivity contribution in [3.63, 3.8) is 0 Å². The Morgan fingerprint density at radius 1 is 1.07 bits per heavy atom. The zero-order valence-electron chi connectivity index (χ0n) is 8.96. The highest BCUT2D eigenvalue weighted by atomic mass is 32.2. The third-order valence-corrected chi connectivity index (χ3v) is 2.66. The van der Waals surface area contributed by atoms with Crippen LogP contribution in [0.2, 0.25) is 0 Å². The van der Waals surface area contributed by atoms with Crippen molar-refractivity contribution >= 4 is 20.2 Å². The lowest BCUT2D eigenvalue weighted by atomic mass is 10.2. The summed E-state index contributed by atoms with van der Waals surface area (Å²) in [5.74, 6) is 0. The van der Waals surface area contributed by atoms with E-state index in [1.807, 2.05) is 0 Å². The van der Waals surface area contributed by atoms with Crippen LogP contribution in [0.1, 0.15) is 19.8 Å². The molecule has 0 saturated heterocycles. The van der Waals surface area contributed by atoms with Gasteiger partial charge < -0.3 is 0 Å². The van der Waals surface area contributed by atoms with Crippen LogP contribution >= 0.6 is 0 Å². The van der Waals surface area contributed by atoms with Gasteiger partial charge in [-0.2, -0.15) is 16.8 Å². The first-order valence-corrected chi connectivity index (χ1v) is 7.96. The van der Waals surface area contributed by atoms with Crippen molar-refractivity contribution in [3.05, 3.63) is 0 Å². The molecule has 8 heteroatoms. The van der Waals surface area contributed by atoms with Crippen LogP contribution in [0.4, 0.5) is 0 Å². The summed E-state index contributed by atoms with van der Waals surface area (Å²) >= 11 is 0. The molecular weight excluding hydrogens is 244 g/mol. The molecule has 0 heterocycles. The van der Waals surface area contributed by atoms with Crippen molar-refractivity contribution in [2.75, 3.05) is 19.1 Å². The summed E-state index contributed by atoms with van der Waals surface area (Å²) in [6, 6.07) is 0. The molecule has 0 aromatic carbocycles. The number of hydrogen-bond acceptors (Lipinski definition) is 6. The van der Waals surface area contributed by atoms with E-state index in [0.717, 1.165) is 12.5 Å². The van der Waals surface area contributed by atoms with E-state index in [1.165, 1.54) is 0 Å². The lowest BCUT2D eigenvalue weighted by molar-refractivity contribution is 0.203. The first-order valence-electron chi connectivity index (χ1n) is 4.33. The van der Waals surface area contributed by atoms with Gasteiger partial charge >= 0.3 is 0 Å². The topological polar surface area (TPSA) is 86.7 Å². The van der Waals surface area contributed by atoms with Crippen LogP contribution in [0.15, 0.2) is 0 Å². The van der Waals surface area contributed by atoms with Crippen molar-refractivity contribution in [1.29, 1.82) is 0 Å². The Bertz CT molecular complexity index is 368. The minimum Gasteiger partial charge on any atom is -0.270 e. The highest BCUT2D eigenvalue weighted by Gasteiger charge is 2.10. The average molecular weight is 260 g/mol. The van der Waals surface area contributed by atoms with Crippen LogP contribution in [0.3, 0.4) is 0 Å². The fraction of sp³-hybridized carbons (Fsp3) is 1.00. The maximum absolute atomic E-state index is 10.7. The van der Waals surface area contributed by atoms with Gasteiger partial charge in [0.1, 0.15) is 0 Å². The van der Waals surface area contributed by atoms with Gasteiger partial charge in [-0.05, 0) is 19.8 Å². The molecular formula is C7H16O6S2. The Kier molecular flexibility index (Phi) is 5.71. The predicted octanol–water partition coefficient (Wildman–Crippen LogP) is 0.108. The summed E-state index contributed by atoms with van der Waals surface area (Å²) in [6.45, 7) is 1.64. The molecule has 92 valence electrons. The second-order valence-electron chi connectivity index (χ2n) is 3.28. The van der Waals surface area contributed by atoms with Gasteiger partial charge in [-0.15, -0.1) is 0 Å². The van der Waals surface area contributed by atoms with Crippen molar-refractivity contribution in [1.82, 2.24) is 0 Å². The van der Waals surface area contributed by atoms with E-state index in [-0.39, 0.29) is 6.61 Å². The third-order valence-electron chi connectivity index (χ3n) is 1.39. The fourth-order valence-corrected chi connectivity index (χ4v) is 2.04. The van der Waals surface area contributed by atoms with Crippen molar-refractivity contribution < 1.29 is 25.2 Å². The van der Waals surface area contributed by atoms with Gasteiger partial charge in [0.2, 0.25) is 0 Å². The fourth-order valence-electron chi connectivity index (χ4n) is 0.928. The van der Waals surface area contributed by atoms with E-state index in [2.05, 4.69) is 8.37 Å². The molecule has 0 spiro atoms. The minimum atomic E-state index is -3.45. The summed E-state index contributed by atoms with van der Waals surface area (Å²) in [5, 5.41) is 0.